The first-order chi connectivity index (χ1) is 43.4. The molecule has 0 N–H and O–H groups in total. The van der Waals surface area contributed by atoms with Gasteiger partial charge in [-0.05, 0) is 170 Å². The Kier molecular flexibility index (Phi) is 11.1. The second-order valence-corrected chi connectivity index (χ2v) is 36.0. The van der Waals surface area contributed by atoms with Crippen molar-refractivity contribution in [2.75, 3.05) is 14.2 Å². The number of hydrogen-bond acceptors (Lipinski definition) is 14. The van der Waals surface area contributed by atoms with Crippen molar-refractivity contribution in [3.05, 3.63) is 175 Å². The van der Waals surface area contributed by atoms with Crippen molar-refractivity contribution in [2.45, 2.75) is 13.2 Å². The highest BCUT2D eigenvalue weighted by Gasteiger charge is 2.24. The fraction of sp³-hybridized carbons (Fsp3) is 0.0541. The van der Waals surface area contributed by atoms with E-state index in [2.05, 4.69) is 170 Å². The molecule has 0 saturated carbocycles. The minimum atomic E-state index is 0.639. The molecular weight excluding hydrogens is 1310 g/mol. The Bertz CT molecular complexity index is 6320. The number of rotatable bonds is 8. The molecule has 88 heavy (non-hydrogen) atoms. The van der Waals surface area contributed by atoms with Crippen LogP contribution in [0, 0.1) is 0 Å². The lowest BCUT2D eigenvalue weighted by Gasteiger charge is -2.00. The van der Waals surface area contributed by atoms with Crippen LogP contribution in [-0.2, 0) is 22.7 Å². The van der Waals surface area contributed by atoms with Gasteiger partial charge in [-0.3, -0.25) is 0 Å². The first-order valence-corrected chi connectivity index (χ1v) is 38.5. The van der Waals surface area contributed by atoms with Crippen LogP contribution in [0.25, 0.3) is 206 Å². The largest absolute Gasteiger partial charge is 0.379 e. The molecule has 0 saturated heterocycles. The fourth-order valence-electron chi connectivity index (χ4n) is 14.3. The van der Waals surface area contributed by atoms with E-state index in [4.69, 9.17) is 9.47 Å². The smallest absolute Gasteiger partial charge is 0.0806 e. The Balaban J connectivity index is 0.658. The molecule has 12 heterocycles. The summed E-state index contributed by atoms with van der Waals surface area (Å²) in [5, 5.41) is 24.9. The van der Waals surface area contributed by atoms with Crippen LogP contribution in [0.2, 0.25) is 0 Å². The van der Waals surface area contributed by atoms with Crippen molar-refractivity contribution in [1.82, 2.24) is 0 Å². The Hall–Kier alpha value is -6.54. The molecule has 21 rings (SSSR count). The summed E-state index contributed by atoms with van der Waals surface area (Å²) in [6.07, 6.45) is 9.45. The number of fused-ring (bicyclic) bond motifs is 33. The molecule has 14 heteroatoms. The normalized spacial score (nSPS) is 13.2. The third kappa shape index (κ3) is 7.32. The van der Waals surface area contributed by atoms with Gasteiger partial charge in [0.2, 0.25) is 0 Å². The molecule has 0 fully saturated rings. The highest BCUT2D eigenvalue weighted by molar-refractivity contribution is 7.31. The molecule has 418 valence electrons. The van der Waals surface area contributed by atoms with Crippen LogP contribution in [-0.4, -0.2) is 14.2 Å². The van der Waals surface area contributed by atoms with Crippen LogP contribution in [0.15, 0.2) is 146 Å². The van der Waals surface area contributed by atoms with E-state index in [0.29, 0.717) is 13.2 Å². The van der Waals surface area contributed by atoms with Crippen LogP contribution < -0.4 is 0 Å². The topological polar surface area (TPSA) is 18.5 Å². The average Bonchev–Trinajstić information content (AvgIpc) is 1.58. The number of hydrogen-bond donors (Lipinski definition) is 0. The van der Waals surface area contributed by atoms with Gasteiger partial charge in [0.1, 0.15) is 0 Å². The molecule has 0 aliphatic heterocycles. The van der Waals surface area contributed by atoms with Gasteiger partial charge in [-0.15, -0.1) is 136 Å². The Morgan fingerprint density at radius 2 is 0.398 bits per heavy atom. The van der Waals surface area contributed by atoms with E-state index in [1.165, 1.54) is 211 Å². The van der Waals surface area contributed by atoms with Crippen LogP contribution in [0.3, 0.4) is 0 Å². The standard InChI is InChI=1S/C74H38O2S12/c1-75-31-37-29-43-49(81-37)11-17-55-67(43)73-61(87-55)23-21-59-71(73)65-41-27-35(79-47(41)9-15-53(65)85-59)5-3-33-25-39-45(77-33)7-13-51-63(39)69-57(83-51)19-20-58-70(69)64-40-26-34(78-46(40)8-14-52(64)84-58)4-6-36-28-42-48(80-36)10-16-54-66(42)72-60(86-54)22-24-62-74(72)68-44-30-38(32-76-2)82-50(44)12-18-56(68)88-62/h3-30H,31-32H2,1-2H3/b5-3+,6-4+. The summed E-state index contributed by atoms with van der Waals surface area (Å²) in [4.78, 5) is 7.66. The summed E-state index contributed by atoms with van der Waals surface area (Å²) in [5.41, 5.74) is 0. The summed E-state index contributed by atoms with van der Waals surface area (Å²) < 4.78 is 35.4. The van der Waals surface area contributed by atoms with Gasteiger partial charge in [0.05, 0.1) is 13.2 Å². The summed E-state index contributed by atoms with van der Waals surface area (Å²) in [7, 11) is 3.58. The van der Waals surface area contributed by atoms with Crippen LogP contribution in [0.1, 0.15) is 29.3 Å². The monoisotopic (exact) mass is 1340 g/mol. The molecule has 0 aliphatic rings. The molecule has 0 atom stereocenters. The van der Waals surface area contributed by atoms with Gasteiger partial charge < -0.3 is 9.47 Å². The van der Waals surface area contributed by atoms with Gasteiger partial charge in [-0.2, -0.15) is 0 Å². The molecule has 12 aromatic heterocycles. The van der Waals surface area contributed by atoms with Crippen molar-refractivity contribution in [3.8, 4) is 0 Å². The van der Waals surface area contributed by atoms with E-state index in [-0.39, 0.29) is 0 Å². The zero-order valence-corrected chi connectivity index (χ0v) is 56.1. The van der Waals surface area contributed by atoms with E-state index in [0.717, 1.165) is 0 Å². The van der Waals surface area contributed by atoms with Crippen LogP contribution >= 0.6 is 136 Å². The molecule has 0 amide bonds. The van der Waals surface area contributed by atoms with Crippen molar-refractivity contribution in [2.24, 2.45) is 0 Å². The SMILES string of the molecule is COCc1cc2c(ccc3sc4ccc5sc6ccc7sc(/C=C/c8cc9c(ccc%10sc%11ccc%12sc%13ccc%14sc(/C=C/c%15cc%16c(ccc%17sc%18ccc%19sc%20ccc%21sc(COC)cc%21c%20c%19c%18c%17%16)s%15)cc%14c%13c%12c%11c%109)s8)cc7c6c5c4c32)s1. The van der Waals surface area contributed by atoms with Gasteiger partial charge in [0.15, 0.2) is 0 Å². The minimum Gasteiger partial charge on any atom is -0.379 e. The highest BCUT2D eigenvalue weighted by atomic mass is 32.1. The van der Waals surface area contributed by atoms with E-state index >= 15 is 0 Å². The molecule has 0 unspecified atom stereocenters. The summed E-state index contributed by atoms with van der Waals surface area (Å²) >= 11 is 22.9. The third-order valence-corrected chi connectivity index (χ3v) is 30.9. The summed E-state index contributed by atoms with van der Waals surface area (Å²) in [6.45, 7) is 1.28. The molecule has 0 bridgehead atoms. The predicted molar refractivity (Wildman–Crippen MR) is 408 cm³/mol. The number of methoxy groups -OCH3 is 2. The van der Waals surface area contributed by atoms with E-state index < -0.39 is 0 Å². The van der Waals surface area contributed by atoms with Gasteiger partial charge >= 0.3 is 0 Å². The molecular formula is C74H38O2S12. The van der Waals surface area contributed by atoms with Gasteiger partial charge in [0.25, 0.3) is 0 Å². The maximum atomic E-state index is 5.59. The maximum absolute atomic E-state index is 5.59. The van der Waals surface area contributed by atoms with Crippen molar-refractivity contribution in [3.63, 3.8) is 0 Å². The Labute approximate surface area is 547 Å². The van der Waals surface area contributed by atoms with Crippen LogP contribution in [0.5, 0.6) is 0 Å². The van der Waals surface area contributed by atoms with Gasteiger partial charge in [0, 0.05) is 225 Å². The predicted octanol–water partition coefficient (Wildman–Crippen LogP) is 27.8. The lowest BCUT2D eigenvalue weighted by Crippen LogP contribution is -1.79. The summed E-state index contributed by atoms with van der Waals surface area (Å²) in [6, 6.07) is 56.9. The highest BCUT2D eigenvalue weighted by Crippen LogP contribution is 2.54. The van der Waals surface area contributed by atoms with E-state index in [1.54, 1.807) is 14.2 Å². The first kappa shape index (κ1) is 51.2. The average molecular weight is 1340 g/mol. The molecule has 0 aliphatic carbocycles. The summed E-state index contributed by atoms with van der Waals surface area (Å²) in [5.74, 6) is 0. The quantitative estimate of drug-likeness (QED) is 0.151. The molecule has 2 nitrogen and oxygen atoms in total. The van der Waals surface area contributed by atoms with Crippen molar-refractivity contribution in [1.29, 1.82) is 0 Å². The number of benzene rings is 9. The molecule has 9 aromatic carbocycles. The second-order valence-electron chi connectivity index (χ2n) is 22.7. The van der Waals surface area contributed by atoms with E-state index in [1.807, 2.05) is 136 Å². The molecule has 0 spiro atoms. The lowest BCUT2D eigenvalue weighted by molar-refractivity contribution is 0.187. The van der Waals surface area contributed by atoms with Crippen molar-refractivity contribution >= 4 is 342 Å². The Morgan fingerprint density at radius 3 is 0.614 bits per heavy atom. The molecule has 0 radical (unpaired) electrons. The first-order valence-electron chi connectivity index (χ1n) is 28.7. The number of thiophene rings is 12. The zero-order valence-electron chi connectivity index (χ0n) is 46.3. The van der Waals surface area contributed by atoms with Gasteiger partial charge in [-0.1, -0.05) is 0 Å². The van der Waals surface area contributed by atoms with E-state index in [9.17, 15) is 0 Å². The van der Waals surface area contributed by atoms with Gasteiger partial charge in [-0.25, -0.2) is 0 Å². The maximum Gasteiger partial charge on any atom is 0.0806 e. The number of ether oxygens (including phenoxy) is 2. The lowest BCUT2D eigenvalue weighted by atomic mass is 10.0. The minimum absolute atomic E-state index is 0.639. The Morgan fingerprint density at radius 1 is 0.216 bits per heavy atom. The van der Waals surface area contributed by atoms with Crippen molar-refractivity contribution < 1.29 is 9.47 Å². The molecule has 21 aromatic rings. The third-order valence-electron chi connectivity index (χ3n) is 17.8. The zero-order chi connectivity index (χ0) is 57.4. The second kappa shape index (κ2) is 19.0. The van der Waals surface area contributed by atoms with Crippen LogP contribution in [0.4, 0.5) is 0 Å². The fourth-order valence-corrected chi connectivity index (χ4v) is 27.0.